The van der Waals surface area contributed by atoms with Crippen molar-refractivity contribution in [1.29, 1.82) is 0 Å². The molecule has 1 aromatic carbocycles. The van der Waals surface area contributed by atoms with E-state index in [1.807, 2.05) is 4.72 Å². The molecule has 0 radical (unpaired) electrons. The zero-order valence-electron chi connectivity index (χ0n) is 10.8. The van der Waals surface area contributed by atoms with Gasteiger partial charge in [0, 0.05) is 7.11 Å². The lowest BCUT2D eigenvalue weighted by Gasteiger charge is -2.15. The Morgan fingerprint density at radius 3 is 2.60 bits per heavy atom. The maximum atomic E-state index is 12.9. The van der Waals surface area contributed by atoms with E-state index in [1.54, 1.807) is 6.07 Å². The van der Waals surface area contributed by atoms with Gasteiger partial charge in [0.2, 0.25) is 10.0 Å². The van der Waals surface area contributed by atoms with Crippen LogP contribution in [0.5, 0.6) is 0 Å². The van der Waals surface area contributed by atoms with Crippen LogP contribution in [0, 0.1) is 0 Å². The molecule has 0 amide bonds. The lowest BCUT2D eigenvalue weighted by molar-refractivity contribution is 0.0170. The molecule has 116 valence electrons. The molecule has 0 saturated heterocycles. The first-order valence-corrected chi connectivity index (χ1v) is 6.94. The Balaban J connectivity index is 0.00000361. The van der Waals surface area contributed by atoms with Crippen molar-refractivity contribution in [1.82, 2.24) is 4.72 Å². The molecule has 5 nitrogen and oxygen atoms in total. The standard InChI is InChI=1S/C11H16F2N2O3S.ClH/c1-18-6-9-3-2-4-10(5-9)19(16,17)15-8-11(12,13)7-14;/h2-5,15H,6-8,14H2,1H3;1H. The van der Waals surface area contributed by atoms with E-state index in [0.717, 1.165) is 0 Å². The quantitative estimate of drug-likeness (QED) is 0.785. The van der Waals surface area contributed by atoms with Crippen molar-refractivity contribution < 1.29 is 21.9 Å². The van der Waals surface area contributed by atoms with Crippen LogP contribution in [0.15, 0.2) is 29.2 Å². The summed E-state index contributed by atoms with van der Waals surface area (Å²) in [6, 6.07) is 5.88. The fraction of sp³-hybridized carbons (Fsp3) is 0.455. The number of halogens is 3. The largest absolute Gasteiger partial charge is 0.380 e. The number of nitrogens with one attached hydrogen (secondary N) is 1. The molecule has 0 saturated carbocycles. The average Bonchev–Trinajstić information content (AvgIpc) is 2.38. The van der Waals surface area contributed by atoms with Gasteiger partial charge in [-0.2, -0.15) is 0 Å². The van der Waals surface area contributed by atoms with Crippen LogP contribution in [0.2, 0.25) is 0 Å². The molecule has 9 heteroatoms. The molecule has 0 heterocycles. The van der Waals surface area contributed by atoms with Crippen molar-refractivity contribution in [2.24, 2.45) is 5.73 Å². The van der Waals surface area contributed by atoms with Gasteiger partial charge in [-0.3, -0.25) is 0 Å². The second-order valence-corrected chi connectivity index (χ2v) is 5.73. The van der Waals surface area contributed by atoms with Crippen LogP contribution in [0.25, 0.3) is 0 Å². The molecule has 0 atom stereocenters. The van der Waals surface area contributed by atoms with Crippen LogP contribution < -0.4 is 10.5 Å². The molecule has 1 aromatic rings. The monoisotopic (exact) mass is 330 g/mol. The van der Waals surface area contributed by atoms with Crippen LogP contribution in [-0.4, -0.2) is 34.5 Å². The zero-order valence-corrected chi connectivity index (χ0v) is 12.4. The Bertz CT molecular complexity index is 526. The highest BCUT2D eigenvalue weighted by molar-refractivity contribution is 7.89. The van der Waals surface area contributed by atoms with Crippen molar-refractivity contribution in [3.05, 3.63) is 29.8 Å². The van der Waals surface area contributed by atoms with E-state index in [2.05, 4.69) is 0 Å². The molecule has 0 aromatic heterocycles. The third kappa shape index (κ3) is 5.68. The van der Waals surface area contributed by atoms with Crippen LogP contribution >= 0.6 is 12.4 Å². The molecular formula is C11H17ClF2N2O3S. The van der Waals surface area contributed by atoms with Gasteiger partial charge in [-0.15, -0.1) is 12.4 Å². The van der Waals surface area contributed by atoms with Crippen LogP contribution in [0.4, 0.5) is 8.78 Å². The molecule has 0 aliphatic carbocycles. The average molecular weight is 331 g/mol. The van der Waals surface area contributed by atoms with E-state index in [-0.39, 0.29) is 23.9 Å². The third-order valence-electron chi connectivity index (χ3n) is 2.34. The summed E-state index contributed by atoms with van der Waals surface area (Å²) in [5.74, 6) is -3.27. The highest BCUT2D eigenvalue weighted by atomic mass is 35.5. The number of benzene rings is 1. The van der Waals surface area contributed by atoms with Gasteiger partial charge >= 0.3 is 0 Å². The van der Waals surface area contributed by atoms with Crippen LogP contribution in [0.3, 0.4) is 0 Å². The Morgan fingerprint density at radius 1 is 1.40 bits per heavy atom. The number of methoxy groups -OCH3 is 1. The van der Waals surface area contributed by atoms with Gasteiger partial charge in [-0.1, -0.05) is 12.1 Å². The maximum absolute atomic E-state index is 12.9. The van der Waals surface area contributed by atoms with E-state index in [0.29, 0.717) is 5.56 Å². The number of ether oxygens (including phenoxy) is 1. The second-order valence-electron chi connectivity index (χ2n) is 3.97. The Kier molecular flexibility index (Phi) is 7.53. The first kappa shape index (κ1) is 19.2. The van der Waals surface area contributed by atoms with Gasteiger partial charge < -0.3 is 10.5 Å². The van der Waals surface area contributed by atoms with E-state index in [9.17, 15) is 17.2 Å². The van der Waals surface area contributed by atoms with Gasteiger partial charge in [-0.25, -0.2) is 21.9 Å². The summed E-state index contributed by atoms with van der Waals surface area (Å²) in [6.07, 6.45) is 0. The molecule has 20 heavy (non-hydrogen) atoms. The summed E-state index contributed by atoms with van der Waals surface area (Å²) >= 11 is 0. The first-order chi connectivity index (χ1) is 8.80. The van der Waals surface area contributed by atoms with E-state index in [1.165, 1.54) is 25.3 Å². The Labute approximate surface area is 123 Å². The van der Waals surface area contributed by atoms with E-state index >= 15 is 0 Å². The minimum Gasteiger partial charge on any atom is -0.380 e. The SMILES string of the molecule is COCc1cccc(S(=O)(=O)NCC(F)(F)CN)c1.Cl. The minimum atomic E-state index is -3.99. The summed E-state index contributed by atoms with van der Waals surface area (Å²) in [6.45, 7) is -1.71. The lowest BCUT2D eigenvalue weighted by atomic mass is 10.2. The predicted octanol–water partition coefficient (Wildman–Crippen LogP) is 1.13. The fourth-order valence-corrected chi connectivity index (χ4v) is 2.46. The van der Waals surface area contributed by atoms with E-state index in [4.69, 9.17) is 10.5 Å². The first-order valence-electron chi connectivity index (χ1n) is 5.46. The molecule has 0 bridgehead atoms. The molecule has 0 spiro atoms. The molecule has 0 aliphatic rings. The fourth-order valence-electron chi connectivity index (χ4n) is 1.33. The molecule has 3 N–H and O–H groups in total. The predicted molar refractivity (Wildman–Crippen MR) is 73.6 cm³/mol. The normalized spacial score (nSPS) is 12.0. The smallest absolute Gasteiger partial charge is 0.273 e. The summed E-state index contributed by atoms with van der Waals surface area (Å²) in [5.41, 5.74) is 5.47. The van der Waals surface area contributed by atoms with Gasteiger partial charge in [-0.05, 0) is 17.7 Å². The number of nitrogens with two attached hydrogens (primary N) is 1. The topological polar surface area (TPSA) is 81.4 Å². The van der Waals surface area contributed by atoms with Crippen LogP contribution in [0.1, 0.15) is 5.56 Å². The van der Waals surface area contributed by atoms with Crippen molar-refractivity contribution in [3.63, 3.8) is 0 Å². The number of sulfonamides is 1. The molecule has 0 fully saturated rings. The van der Waals surface area contributed by atoms with Crippen LogP contribution in [-0.2, 0) is 21.4 Å². The Hall–Kier alpha value is -0.800. The number of alkyl halides is 2. The molecule has 0 aliphatic heterocycles. The lowest BCUT2D eigenvalue weighted by Crippen LogP contribution is -2.41. The van der Waals surface area contributed by atoms with Crippen molar-refractivity contribution in [2.45, 2.75) is 17.4 Å². The summed E-state index contributed by atoms with van der Waals surface area (Å²) < 4.78 is 56.2. The number of hydrogen-bond acceptors (Lipinski definition) is 4. The van der Waals surface area contributed by atoms with Gasteiger partial charge in [0.15, 0.2) is 0 Å². The summed E-state index contributed by atoms with van der Waals surface area (Å²) in [4.78, 5) is -0.0881. The summed E-state index contributed by atoms with van der Waals surface area (Å²) in [5, 5.41) is 0. The zero-order chi connectivity index (χ0) is 14.5. The van der Waals surface area contributed by atoms with E-state index < -0.39 is 29.0 Å². The van der Waals surface area contributed by atoms with Gasteiger partial charge in [0.25, 0.3) is 5.92 Å². The van der Waals surface area contributed by atoms with Crippen molar-refractivity contribution in [2.75, 3.05) is 20.2 Å². The minimum absolute atomic E-state index is 0. The molecular weight excluding hydrogens is 314 g/mol. The summed E-state index contributed by atoms with van der Waals surface area (Å²) in [7, 11) is -2.51. The second kappa shape index (κ2) is 7.84. The van der Waals surface area contributed by atoms with Gasteiger partial charge in [0.05, 0.1) is 24.6 Å². The Morgan fingerprint density at radius 2 is 2.05 bits per heavy atom. The molecule has 1 rings (SSSR count). The maximum Gasteiger partial charge on any atom is 0.273 e. The number of hydrogen-bond donors (Lipinski definition) is 2. The molecule has 0 unspecified atom stereocenters. The highest BCUT2D eigenvalue weighted by Gasteiger charge is 2.29. The third-order valence-corrected chi connectivity index (χ3v) is 3.74. The van der Waals surface area contributed by atoms with Crippen molar-refractivity contribution >= 4 is 22.4 Å². The van der Waals surface area contributed by atoms with Gasteiger partial charge in [0.1, 0.15) is 0 Å². The highest BCUT2D eigenvalue weighted by Crippen LogP contribution is 2.14. The number of rotatable bonds is 7. The van der Waals surface area contributed by atoms with Crippen molar-refractivity contribution in [3.8, 4) is 0 Å².